The molecule has 1 aromatic heterocycles. The zero-order chi connectivity index (χ0) is 14.3. The Hall–Kier alpha value is -0.910. The van der Waals surface area contributed by atoms with Crippen LogP contribution in [0.5, 0.6) is 0 Å². The molecule has 1 heterocycles. The van der Waals surface area contributed by atoms with Crippen molar-refractivity contribution in [2.75, 3.05) is 27.2 Å². The van der Waals surface area contributed by atoms with Crippen LogP contribution in [0.3, 0.4) is 0 Å². The molecule has 19 heavy (non-hydrogen) atoms. The molecule has 5 heteroatoms. The van der Waals surface area contributed by atoms with Crippen LogP contribution in [0, 0.1) is 0 Å². The second-order valence-electron chi connectivity index (χ2n) is 6.10. The van der Waals surface area contributed by atoms with Gasteiger partial charge in [-0.25, -0.2) is 0 Å². The van der Waals surface area contributed by atoms with E-state index in [0.29, 0.717) is 13.2 Å². The summed E-state index contributed by atoms with van der Waals surface area (Å²) in [6.07, 6.45) is 1.03. The maximum atomic E-state index is 5.55. The van der Waals surface area contributed by atoms with Gasteiger partial charge in [-0.15, -0.1) is 0 Å². The molecule has 0 aromatic carbocycles. The van der Waals surface area contributed by atoms with Crippen LogP contribution in [0.4, 0.5) is 0 Å². The lowest BCUT2D eigenvalue weighted by atomic mass is 10.1. The number of nitrogens with zero attached hydrogens (tertiary/aromatic N) is 2. The minimum atomic E-state index is 0.0851. The van der Waals surface area contributed by atoms with Crippen molar-refractivity contribution in [2.45, 2.75) is 45.9 Å². The van der Waals surface area contributed by atoms with Crippen LogP contribution in [0.1, 0.15) is 38.6 Å². The molecular formula is C14H27N3O2. The maximum Gasteiger partial charge on any atom is 0.162 e. The van der Waals surface area contributed by atoms with Gasteiger partial charge in [-0.3, -0.25) is 0 Å². The van der Waals surface area contributed by atoms with Crippen molar-refractivity contribution in [3.8, 4) is 0 Å². The monoisotopic (exact) mass is 269 g/mol. The highest BCUT2D eigenvalue weighted by molar-refractivity contribution is 5.04. The van der Waals surface area contributed by atoms with Crippen LogP contribution in [0.25, 0.3) is 0 Å². The summed E-state index contributed by atoms with van der Waals surface area (Å²) in [6.45, 7) is 9.38. The Kier molecular flexibility index (Phi) is 6.48. The lowest BCUT2D eigenvalue weighted by Gasteiger charge is -2.19. The molecule has 0 fully saturated rings. The lowest BCUT2D eigenvalue weighted by Crippen LogP contribution is -2.35. The van der Waals surface area contributed by atoms with E-state index in [-0.39, 0.29) is 5.54 Å². The third-order valence-corrected chi connectivity index (χ3v) is 2.55. The van der Waals surface area contributed by atoms with Gasteiger partial charge in [-0.1, -0.05) is 5.16 Å². The number of hydrogen-bond acceptors (Lipinski definition) is 5. The minimum Gasteiger partial charge on any atom is -0.373 e. The van der Waals surface area contributed by atoms with Gasteiger partial charge in [0.05, 0.1) is 5.69 Å². The molecular weight excluding hydrogens is 242 g/mol. The number of nitrogens with one attached hydrogen (secondary N) is 1. The third-order valence-electron chi connectivity index (χ3n) is 2.55. The molecule has 0 aliphatic rings. The summed E-state index contributed by atoms with van der Waals surface area (Å²) >= 11 is 0. The van der Waals surface area contributed by atoms with Crippen molar-refractivity contribution >= 4 is 0 Å². The van der Waals surface area contributed by atoms with Gasteiger partial charge in [-0.05, 0) is 47.8 Å². The SMILES string of the molecule is CN(C)CCCOCc1cc(CNC(C)(C)C)no1. The van der Waals surface area contributed by atoms with Gasteiger partial charge in [0.15, 0.2) is 5.76 Å². The van der Waals surface area contributed by atoms with E-state index in [4.69, 9.17) is 9.26 Å². The first-order valence-corrected chi connectivity index (χ1v) is 6.79. The van der Waals surface area contributed by atoms with E-state index in [1.165, 1.54) is 0 Å². The maximum absolute atomic E-state index is 5.55. The van der Waals surface area contributed by atoms with E-state index in [0.717, 1.165) is 31.0 Å². The fraction of sp³-hybridized carbons (Fsp3) is 0.786. The fourth-order valence-corrected chi connectivity index (χ4v) is 1.52. The lowest BCUT2D eigenvalue weighted by molar-refractivity contribution is 0.0947. The van der Waals surface area contributed by atoms with Crippen LogP contribution < -0.4 is 5.32 Å². The van der Waals surface area contributed by atoms with Crippen molar-refractivity contribution < 1.29 is 9.26 Å². The zero-order valence-corrected chi connectivity index (χ0v) is 12.8. The molecule has 1 rings (SSSR count). The van der Waals surface area contributed by atoms with Gasteiger partial charge in [0.1, 0.15) is 6.61 Å². The van der Waals surface area contributed by atoms with Crippen LogP contribution in [-0.4, -0.2) is 42.8 Å². The molecule has 0 unspecified atom stereocenters. The summed E-state index contributed by atoms with van der Waals surface area (Å²) in [5.41, 5.74) is 1.00. The van der Waals surface area contributed by atoms with E-state index >= 15 is 0 Å². The standard InChI is InChI=1S/C14H27N3O2/c1-14(2,3)15-10-12-9-13(19-16-12)11-18-8-6-7-17(4)5/h9,15H,6-8,10-11H2,1-5H3. The first-order chi connectivity index (χ1) is 8.87. The Morgan fingerprint density at radius 2 is 2.11 bits per heavy atom. The number of aromatic nitrogens is 1. The Bertz CT molecular complexity index is 356. The Morgan fingerprint density at radius 1 is 1.37 bits per heavy atom. The molecule has 0 aliphatic heterocycles. The second-order valence-corrected chi connectivity index (χ2v) is 6.10. The average molecular weight is 269 g/mol. The van der Waals surface area contributed by atoms with Crippen LogP contribution >= 0.6 is 0 Å². The molecule has 1 aromatic rings. The summed E-state index contributed by atoms with van der Waals surface area (Å²) in [7, 11) is 4.12. The van der Waals surface area contributed by atoms with Gasteiger partial charge in [-0.2, -0.15) is 0 Å². The van der Waals surface area contributed by atoms with Gasteiger partial charge in [0.2, 0.25) is 0 Å². The van der Waals surface area contributed by atoms with E-state index in [1.54, 1.807) is 0 Å². The predicted octanol–water partition coefficient (Wildman–Crippen LogP) is 2.03. The van der Waals surface area contributed by atoms with E-state index in [9.17, 15) is 0 Å². The molecule has 0 spiro atoms. The highest BCUT2D eigenvalue weighted by atomic mass is 16.5. The Balaban J connectivity index is 2.20. The molecule has 0 saturated carbocycles. The number of rotatable bonds is 8. The Labute approximate surface area is 116 Å². The topological polar surface area (TPSA) is 50.5 Å². The molecule has 0 aliphatic carbocycles. The van der Waals surface area contributed by atoms with E-state index in [2.05, 4.69) is 50.2 Å². The molecule has 0 atom stereocenters. The molecule has 0 bridgehead atoms. The highest BCUT2D eigenvalue weighted by Gasteiger charge is 2.10. The molecule has 110 valence electrons. The van der Waals surface area contributed by atoms with Crippen molar-refractivity contribution in [1.82, 2.24) is 15.4 Å². The van der Waals surface area contributed by atoms with Crippen molar-refractivity contribution in [3.63, 3.8) is 0 Å². The van der Waals surface area contributed by atoms with Gasteiger partial charge in [0.25, 0.3) is 0 Å². The van der Waals surface area contributed by atoms with E-state index < -0.39 is 0 Å². The normalized spacial score (nSPS) is 12.3. The predicted molar refractivity (Wildman–Crippen MR) is 75.9 cm³/mol. The van der Waals surface area contributed by atoms with Gasteiger partial charge < -0.3 is 19.5 Å². The average Bonchev–Trinajstić information content (AvgIpc) is 2.72. The van der Waals surface area contributed by atoms with Crippen molar-refractivity contribution in [3.05, 3.63) is 17.5 Å². The largest absolute Gasteiger partial charge is 0.373 e. The molecule has 0 saturated heterocycles. The quantitative estimate of drug-likeness (QED) is 0.732. The molecule has 5 nitrogen and oxygen atoms in total. The van der Waals surface area contributed by atoms with Crippen molar-refractivity contribution in [1.29, 1.82) is 0 Å². The summed E-state index contributed by atoms with van der Waals surface area (Å²) < 4.78 is 10.8. The summed E-state index contributed by atoms with van der Waals surface area (Å²) in [5.74, 6) is 0.788. The van der Waals surface area contributed by atoms with Crippen LogP contribution in [-0.2, 0) is 17.9 Å². The number of hydrogen-bond donors (Lipinski definition) is 1. The number of ether oxygens (including phenoxy) is 1. The van der Waals surface area contributed by atoms with E-state index in [1.807, 2.05) is 6.07 Å². The zero-order valence-electron chi connectivity index (χ0n) is 12.8. The summed E-state index contributed by atoms with van der Waals surface area (Å²) in [5, 5.41) is 7.39. The molecule has 0 radical (unpaired) electrons. The van der Waals surface area contributed by atoms with Crippen molar-refractivity contribution in [2.24, 2.45) is 0 Å². The van der Waals surface area contributed by atoms with Gasteiger partial charge in [0, 0.05) is 24.8 Å². The molecule has 0 amide bonds. The van der Waals surface area contributed by atoms with Crippen LogP contribution in [0.15, 0.2) is 10.6 Å². The first-order valence-electron chi connectivity index (χ1n) is 6.79. The minimum absolute atomic E-state index is 0.0851. The smallest absolute Gasteiger partial charge is 0.162 e. The summed E-state index contributed by atoms with van der Waals surface area (Å²) in [6, 6.07) is 1.95. The first kappa shape index (κ1) is 16.1. The highest BCUT2D eigenvalue weighted by Crippen LogP contribution is 2.07. The summed E-state index contributed by atoms with van der Waals surface area (Å²) in [4.78, 5) is 2.15. The van der Waals surface area contributed by atoms with Gasteiger partial charge >= 0.3 is 0 Å². The second kappa shape index (κ2) is 7.62. The fourth-order valence-electron chi connectivity index (χ4n) is 1.52. The molecule has 1 N–H and O–H groups in total. The Morgan fingerprint density at radius 3 is 2.74 bits per heavy atom. The van der Waals surface area contributed by atoms with Crippen LogP contribution in [0.2, 0.25) is 0 Å². The third kappa shape index (κ3) is 7.97.